The minimum Gasteiger partial charge on any atom is -0.508 e. The smallest absolute Gasteiger partial charge is 0.256 e. The molecule has 0 bridgehead atoms. The van der Waals surface area contributed by atoms with E-state index in [0.717, 1.165) is 6.07 Å². The molecule has 0 aliphatic carbocycles. The van der Waals surface area contributed by atoms with Crippen molar-refractivity contribution >= 4 is 15.7 Å². The number of benzene rings is 1. The van der Waals surface area contributed by atoms with Crippen LogP contribution in [0, 0.1) is 5.82 Å². The second-order valence-electron chi connectivity index (χ2n) is 4.46. The zero-order chi connectivity index (χ0) is 14.0. The Morgan fingerprint density at radius 3 is 2.68 bits per heavy atom. The van der Waals surface area contributed by atoms with Crippen LogP contribution in [0.2, 0.25) is 0 Å². The van der Waals surface area contributed by atoms with Crippen LogP contribution in [0.5, 0.6) is 5.75 Å². The summed E-state index contributed by atoms with van der Waals surface area (Å²) in [6.45, 7) is 0.361. The molecule has 1 fully saturated rings. The number of carbonyl (C=O) groups is 1. The van der Waals surface area contributed by atoms with Crippen molar-refractivity contribution in [1.82, 2.24) is 4.90 Å². The molecular formula is C12H14FNO4S. The fourth-order valence-electron chi connectivity index (χ4n) is 1.99. The van der Waals surface area contributed by atoms with Crippen LogP contribution in [0.4, 0.5) is 4.39 Å². The highest BCUT2D eigenvalue weighted by atomic mass is 32.2. The Morgan fingerprint density at radius 2 is 2.00 bits per heavy atom. The largest absolute Gasteiger partial charge is 0.508 e. The summed E-state index contributed by atoms with van der Waals surface area (Å²) in [4.78, 5) is 13.4. The quantitative estimate of drug-likeness (QED) is 0.828. The molecular weight excluding hydrogens is 273 g/mol. The minimum atomic E-state index is -3.11. The third-order valence-electron chi connectivity index (χ3n) is 3.03. The van der Waals surface area contributed by atoms with Crippen molar-refractivity contribution in [3.63, 3.8) is 0 Å². The highest BCUT2D eigenvalue weighted by Crippen LogP contribution is 2.18. The molecule has 0 atom stereocenters. The third kappa shape index (κ3) is 3.23. The molecule has 1 heterocycles. The summed E-state index contributed by atoms with van der Waals surface area (Å²) in [6.07, 6.45) is 0.355. The molecule has 104 valence electrons. The highest BCUT2D eigenvalue weighted by molar-refractivity contribution is 7.91. The second-order valence-corrected chi connectivity index (χ2v) is 6.77. The Labute approximate surface area is 110 Å². The number of halogens is 1. The van der Waals surface area contributed by atoms with Gasteiger partial charge < -0.3 is 10.0 Å². The standard InChI is InChI=1S/C12H14FNO4S/c13-11-8-9(15)2-3-10(11)12(16)14-4-1-6-19(17,18)7-5-14/h2-3,8,15H,1,4-7H2. The Morgan fingerprint density at radius 1 is 1.26 bits per heavy atom. The maximum Gasteiger partial charge on any atom is 0.256 e. The van der Waals surface area contributed by atoms with Gasteiger partial charge in [-0.2, -0.15) is 0 Å². The highest BCUT2D eigenvalue weighted by Gasteiger charge is 2.24. The van der Waals surface area contributed by atoms with E-state index in [9.17, 15) is 17.6 Å². The Bertz CT molecular complexity index is 600. The maximum atomic E-state index is 13.6. The molecule has 1 aromatic rings. The molecule has 0 saturated carbocycles. The first-order chi connectivity index (χ1) is 8.89. The second kappa shape index (κ2) is 5.16. The number of sulfone groups is 1. The van der Waals surface area contributed by atoms with Crippen LogP contribution < -0.4 is 0 Å². The van der Waals surface area contributed by atoms with E-state index in [1.807, 2.05) is 0 Å². The normalized spacial score (nSPS) is 18.9. The van der Waals surface area contributed by atoms with Crippen LogP contribution in [0.3, 0.4) is 0 Å². The molecule has 1 aromatic carbocycles. The first kappa shape index (κ1) is 13.8. The van der Waals surface area contributed by atoms with E-state index in [-0.39, 0.29) is 29.4 Å². The van der Waals surface area contributed by atoms with Crippen LogP contribution in [-0.2, 0) is 9.84 Å². The van der Waals surface area contributed by atoms with E-state index < -0.39 is 21.6 Å². The summed E-state index contributed by atoms with van der Waals surface area (Å²) in [6, 6.07) is 3.29. The molecule has 2 rings (SSSR count). The van der Waals surface area contributed by atoms with E-state index in [1.54, 1.807) is 0 Å². The summed E-state index contributed by atoms with van der Waals surface area (Å²) in [5.41, 5.74) is -0.155. The number of phenolic OH excluding ortho intramolecular Hbond substituents is 1. The number of hydrogen-bond donors (Lipinski definition) is 1. The zero-order valence-electron chi connectivity index (χ0n) is 10.2. The van der Waals surface area contributed by atoms with Crippen molar-refractivity contribution in [2.45, 2.75) is 6.42 Å². The predicted octanol–water partition coefficient (Wildman–Crippen LogP) is 0.792. The topological polar surface area (TPSA) is 74.7 Å². The van der Waals surface area contributed by atoms with Crippen molar-refractivity contribution in [2.75, 3.05) is 24.6 Å². The Kier molecular flexibility index (Phi) is 3.75. The lowest BCUT2D eigenvalue weighted by Crippen LogP contribution is -2.34. The number of amides is 1. The Hall–Kier alpha value is -1.63. The molecule has 19 heavy (non-hydrogen) atoms. The average Bonchev–Trinajstić information content (AvgIpc) is 2.49. The van der Waals surface area contributed by atoms with Crippen molar-refractivity contribution in [3.8, 4) is 5.75 Å². The van der Waals surface area contributed by atoms with E-state index >= 15 is 0 Å². The van der Waals surface area contributed by atoms with Crippen LogP contribution in [0.1, 0.15) is 16.8 Å². The molecule has 7 heteroatoms. The third-order valence-corrected chi connectivity index (χ3v) is 4.74. The lowest BCUT2D eigenvalue weighted by molar-refractivity contribution is 0.0764. The van der Waals surface area contributed by atoms with Crippen LogP contribution in [0.15, 0.2) is 18.2 Å². The fraction of sp³-hybridized carbons (Fsp3) is 0.417. The molecule has 1 saturated heterocycles. The number of nitrogens with zero attached hydrogens (tertiary/aromatic N) is 1. The Balaban J connectivity index is 2.20. The van der Waals surface area contributed by atoms with Gasteiger partial charge in [0.15, 0.2) is 9.84 Å². The number of hydrogen-bond acceptors (Lipinski definition) is 4. The lowest BCUT2D eigenvalue weighted by Gasteiger charge is -2.20. The van der Waals surface area contributed by atoms with E-state index in [2.05, 4.69) is 0 Å². The lowest BCUT2D eigenvalue weighted by atomic mass is 10.1. The van der Waals surface area contributed by atoms with Gasteiger partial charge in [0, 0.05) is 19.2 Å². The van der Waals surface area contributed by atoms with E-state index in [4.69, 9.17) is 5.11 Å². The van der Waals surface area contributed by atoms with Gasteiger partial charge in [-0.1, -0.05) is 0 Å². The molecule has 0 unspecified atom stereocenters. The van der Waals surface area contributed by atoms with Crippen molar-refractivity contribution in [1.29, 1.82) is 0 Å². The summed E-state index contributed by atoms with van der Waals surface area (Å²) in [7, 11) is -3.11. The predicted molar refractivity (Wildman–Crippen MR) is 67.2 cm³/mol. The molecule has 5 nitrogen and oxygen atoms in total. The van der Waals surface area contributed by atoms with Gasteiger partial charge in [-0.05, 0) is 18.6 Å². The maximum absolute atomic E-state index is 13.6. The summed E-state index contributed by atoms with van der Waals surface area (Å²) >= 11 is 0. The van der Waals surface area contributed by atoms with Gasteiger partial charge in [-0.3, -0.25) is 4.79 Å². The van der Waals surface area contributed by atoms with Gasteiger partial charge in [0.05, 0.1) is 17.1 Å². The van der Waals surface area contributed by atoms with Crippen LogP contribution in [-0.4, -0.2) is 48.9 Å². The van der Waals surface area contributed by atoms with E-state index in [1.165, 1.54) is 17.0 Å². The molecule has 1 N–H and O–H groups in total. The van der Waals surface area contributed by atoms with Gasteiger partial charge in [0.1, 0.15) is 11.6 Å². The van der Waals surface area contributed by atoms with Crippen molar-refractivity contribution < 1.29 is 22.7 Å². The molecule has 0 aromatic heterocycles. The fourth-order valence-corrected chi connectivity index (χ4v) is 3.26. The molecule has 0 spiro atoms. The van der Waals surface area contributed by atoms with Gasteiger partial charge in [-0.15, -0.1) is 0 Å². The number of aromatic hydroxyl groups is 1. The minimum absolute atomic E-state index is 0.0504. The van der Waals surface area contributed by atoms with Gasteiger partial charge in [0.25, 0.3) is 5.91 Å². The summed E-state index contributed by atoms with van der Waals surface area (Å²) in [5.74, 6) is -1.66. The molecule has 1 aliphatic rings. The van der Waals surface area contributed by atoms with Gasteiger partial charge >= 0.3 is 0 Å². The number of phenols is 1. The monoisotopic (exact) mass is 287 g/mol. The zero-order valence-corrected chi connectivity index (χ0v) is 11.0. The first-order valence-corrected chi connectivity index (χ1v) is 7.69. The van der Waals surface area contributed by atoms with Gasteiger partial charge in [0.2, 0.25) is 0 Å². The average molecular weight is 287 g/mol. The van der Waals surface area contributed by atoms with E-state index in [0.29, 0.717) is 13.0 Å². The van der Waals surface area contributed by atoms with Gasteiger partial charge in [-0.25, -0.2) is 12.8 Å². The number of rotatable bonds is 1. The summed E-state index contributed by atoms with van der Waals surface area (Å²) < 4.78 is 36.5. The summed E-state index contributed by atoms with van der Waals surface area (Å²) in [5, 5.41) is 9.10. The molecule has 0 radical (unpaired) electrons. The number of carbonyl (C=O) groups excluding carboxylic acids is 1. The van der Waals surface area contributed by atoms with Crippen molar-refractivity contribution in [3.05, 3.63) is 29.6 Å². The molecule has 1 aliphatic heterocycles. The first-order valence-electron chi connectivity index (χ1n) is 5.87. The molecule has 1 amide bonds. The van der Waals surface area contributed by atoms with Crippen molar-refractivity contribution in [2.24, 2.45) is 0 Å². The SMILES string of the molecule is O=C(c1ccc(O)cc1F)N1CCCS(=O)(=O)CC1. The van der Waals surface area contributed by atoms with Crippen LogP contribution >= 0.6 is 0 Å². The van der Waals surface area contributed by atoms with Crippen LogP contribution in [0.25, 0.3) is 0 Å².